The number of hydrogen-bond donors (Lipinski definition) is 2. The minimum Gasteiger partial charge on any atom is -0.343 e. The van der Waals surface area contributed by atoms with Gasteiger partial charge >= 0.3 is 0 Å². The predicted octanol–water partition coefficient (Wildman–Crippen LogP) is 0.832. The lowest BCUT2D eigenvalue weighted by Crippen LogP contribution is -2.47. The maximum absolute atomic E-state index is 12.9. The molecule has 1 aromatic rings. The zero-order chi connectivity index (χ0) is 17.0. The van der Waals surface area contributed by atoms with Crippen LogP contribution < -0.4 is 10.5 Å². The molecule has 1 heterocycles. The molecule has 1 aliphatic rings. The van der Waals surface area contributed by atoms with Crippen LogP contribution in [0, 0.1) is 5.82 Å². The summed E-state index contributed by atoms with van der Waals surface area (Å²) in [6, 6.07) is 4.28. The Kier molecular flexibility index (Phi) is 5.72. The van der Waals surface area contributed by atoms with Crippen molar-refractivity contribution in [3.8, 4) is 0 Å². The van der Waals surface area contributed by atoms with E-state index in [9.17, 15) is 17.6 Å². The largest absolute Gasteiger partial charge is 0.343 e. The second-order valence-electron chi connectivity index (χ2n) is 5.91. The molecule has 0 radical (unpaired) electrons. The number of likely N-dealkylation sites (tertiary alicyclic amines) is 1. The fraction of sp³-hybridized carbons (Fsp3) is 0.533. The summed E-state index contributed by atoms with van der Waals surface area (Å²) in [5, 5.41) is 0. The zero-order valence-corrected chi connectivity index (χ0v) is 13.9. The Balaban J connectivity index is 1.91. The summed E-state index contributed by atoms with van der Waals surface area (Å²) in [4.78, 5) is 13.7. The van der Waals surface area contributed by atoms with E-state index in [4.69, 9.17) is 5.73 Å². The topological polar surface area (TPSA) is 92.5 Å². The Morgan fingerprint density at radius 1 is 1.35 bits per heavy atom. The Morgan fingerprint density at radius 3 is 2.43 bits per heavy atom. The standard InChI is InChI=1S/C15H22FN3O3S/c1-11(17)10-15(20)19-8-6-13(7-9-19)18-23(21,22)14-4-2-12(16)3-5-14/h2-5,11,13,18H,6-10,17H2,1H3. The van der Waals surface area contributed by atoms with E-state index >= 15 is 0 Å². The molecule has 23 heavy (non-hydrogen) atoms. The van der Waals surface area contributed by atoms with Crippen molar-refractivity contribution in [2.24, 2.45) is 5.73 Å². The SMILES string of the molecule is CC(N)CC(=O)N1CCC(NS(=O)(=O)c2ccc(F)cc2)CC1. The monoisotopic (exact) mass is 343 g/mol. The summed E-state index contributed by atoms with van der Waals surface area (Å²) in [6.45, 7) is 2.78. The van der Waals surface area contributed by atoms with Crippen LogP contribution in [0.3, 0.4) is 0 Å². The van der Waals surface area contributed by atoms with Crippen LogP contribution in [0.1, 0.15) is 26.2 Å². The van der Waals surface area contributed by atoms with Gasteiger partial charge in [0.15, 0.2) is 0 Å². The van der Waals surface area contributed by atoms with E-state index in [1.807, 2.05) is 0 Å². The summed E-state index contributed by atoms with van der Waals surface area (Å²) in [7, 11) is -3.67. The Bertz CT molecular complexity index is 638. The van der Waals surface area contributed by atoms with Crippen LogP contribution in [0.5, 0.6) is 0 Å². The van der Waals surface area contributed by atoms with Crippen LogP contribution in [0.2, 0.25) is 0 Å². The Hall–Kier alpha value is -1.51. The highest BCUT2D eigenvalue weighted by Crippen LogP contribution is 2.16. The summed E-state index contributed by atoms with van der Waals surface area (Å²) in [5.74, 6) is -0.482. The van der Waals surface area contributed by atoms with Gasteiger partial charge in [-0.3, -0.25) is 4.79 Å². The molecule has 0 bridgehead atoms. The summed E-state index contributed by atoms with van der Waals surface area (Å²) < 4.78 is 40.0. The van der Waals surface area contributed by atoms with E-state index in [0.717, 1.165) is 12.1 Å². The van der Waals surface area contributed by atoms with Crippen LogP contribution in [0.15, 0.2) is 29.2 Å². The molecule has 1 saturated heterocycles. The molecule has 8 heteroatoms. The number of amides is 1. The van der Waals surface area contributed by atoms with E-state index in [1.54, 1.807) is 11.8 Å². The molecule has 1 unspecified atom stereocenters. The van der Waals surface area contributed by atoms with Crippen LogP contribution in [0.25, 0.3) is 0 Å². The number of rotatable bonds is 5. The summed E-state index contributed by atoms with van der Waals surface area (Å²) in [5.41, 5.74) is 5.62. The average Bonchev–Trinajstić information content (AvgIpc) is 2.47. The average molecular weight is 343 g/mol. The van der Waals surface area contributed by atoms with Gasteiger partial charge in [-0.05, 0) is 44.0 Å². The number of sulfonamides is 1. The van der Waals surface area contributed by atoms with Crippen molar-refractivity contribution in [1.29, 1.82) is 0 Å². The highest BCUT2D eigenvalue weighted by molar-refractivity contribution is 7.89. The molecular formula is C15H22FN3O3S. The lowest BCUT2D eigenvalue weighted by atomic mass is 10.1. The van der Waals surface area contributed by atoms with Crippen LogP contribution in [-0.4, -0.2) is 44.4 Å². The van der Waals surface area contributed by atoms with Crippen molar-refractivity contribution < 1.29 is 17.6 Å². The lowest BCUT2D eigenvalue weighted by Gasteiger charge is -2.32. The van der Waals surface area contributed by atoms with E-state index in [0.29, 0.717) is 32.4 Å². The van der Waals surface area contributed by atoms with Crippen LogP contribution in [-0.2, 0) is 14.8 Å². The first-order chi connectivity index (χ1) is 10.8. The third-order valence-corrected chi connectivity index (χ3v) is 5.33. The second-order valence-corrected chi connectivity index (χ2v) is 7.63. The van der Waals surface area contributed by atoms with Gasteiger partial charge in [0.25, 0.3) is 0 Å². The minimum atomic E-state index is -3.67. The van der Waals surface area contributed by atoms with E-state index in [2.05, 4.69) is 4.72 Å². The first kappa shape index (κ1) is 17.8. The first-order valence-electron chi connectivity index (χ1n) is 7.59. The number of halogens is 1. The summed E-state index contributed by atoms with van der Waals surface area (Å²) in [6.07, 6.45) is 1.39. The number of carbonyl (C=O) groups excluding carboxylic acids is 1. The molecule has 1 aliphatic heterocycles. The molecule has 1 fully saturated rings. The zero-order valence-electron chi connectivity index (χ0n) is 13.0. The second kappa shape index (κ2) is 7.37. The van der Waals surface area contributed by atoms with Crippen molar-refractivity contribution in [3.63, 3.8) is 0 Å². The fourth-order valence-electron chi connectivity index (χ4n) is 2.55. The van der Waals surface area contributed by atoms with Crippen molar-refractivity contribution in [2.45, 2.75) is 43.2 Å². The Labute approximate surface area is 135 Å². The lowest BCUT2D eigenvalue weighted by molar-refractivity contribution is -0.132. The molecule has 3 N–H and O–H groups in total. The molecule has 1 aromatic carbocycles. The van der Waals surface area contributed by atoms with Gasteiger partial charge in [0.1, 0.15) is 5.82 Å². The molecule has 1 amide bonds. The number of benzene rings is 1. The number of carbonyl (C=O) groups is 1. The third kappa shape index (κ3) is 4.98. The van der Waals surface area contributed by atoms with Gasteiger partial charge < -0.3 is 10.6 Å². The van der Waals surface area contributed by atoms with Crippen molar-refractivity contribution in [1.82, 2.24) is 9.62 Å². The van der Waals surface area contributed by atoms with Crippen molar-refractivity contribution >= 4 is 15.9 Å². The molecule has 2 rings (SSSR count). The van der Waals surface area contributed by atoms with Crippen LogP contribution in [0.4, 0.5) is 4.39 Å². The maximum atomic E-state index is 12.9. The number of piperidine rings is 1. The highest BCUT2D eigenvalue weighted by atomic mass is 32.2. The maximum Gasteiger partial charge on any atom is 0.240 e. The number of nitrogens with zero attached hydrogens (tertiary/aromatic N) is 1. The van der Waals surface area contributed by atoms with E-state index < -0.39 is 15.8 Å². The number of nitrogens with one attached hydrogen (secondary N) is 1. The van der Waals surface area contributed by atoms with Gasteiger partial charge in [-0.2, -0.15) is 0 Å². The molecule has 128 valence electrons. The molecular weight excluding hydrogens is 321 g/mol. The number of hydrogen-bond acceptors (Lipinski definition) is 4. The van der Waals surface area contributed by atoms with E-state index in [1.165, 1.54) is 12.1 Å². The van der Waals surface area contributed by atoms with Gasteiger partial charge in [-0.1, -0.05) is 0 Å². The normalized spacial score (nSPS) is 18.0. The summed E-state index contributed by atoms with van der Waals surface area (Å²) >= 11 is 0. The smallest absolute Gasteiger partial charge is 0.240 e. The van der Waals surface area contributed by atoms with Crippen molar-refractivity contribution in [2.75, 3.05) is 13.1 Å². The fourth-order valence-corrected chi connectivity index (χ4v) is 3.86. The molecule has 6 nitrogen and oxygen atoms in total. The van der Waals surface area contributed by atoms with Gasteiger partial charge in [-0.25, -0.2) is 17.5 Å². The first-order valence-corrected chi connectivity index (χ1v) is 9.07. The van der Waals surface area contributed by atoms with Crippen LogP contribution >= 0.6 is 0 Å². The molecule has 0 aromatic heterocycles. The quantitative estimate of drug-likeness (QED) is 0.828. The van der Waals surface area contributed by atoms with Gasteiger partial charge in [0.05, 0.1) is 4.90 Å². The highest BCUT2D eigenvalue weighted by Gasteiger charge is 2.26. The molecule has 0 aliphatic carbocycles. The Morgan fingerprint density at radius 2 is 1.91 bits per heavy atom. The minimum absolute atomic E-state index is 0.000147. The van der Waals surface area contributed by atoms with Gasteiger partial charge in [-0.15, -0.1) is 0 Å². The molecule has 1 atom stereocenters. The molecule has 0 spiro atoms. The predicted molar refractivity (Wildman–Crippen MR) is 84.6 cm³/mol. The van der Waals surface area contributed by atoms with Gasteiger partial charge in [0, 0.05) is 31.6 Å². The van der Waals surface area contributed by atoms with E-state index in [-0.39, 0.29) is 22.9 Å². The third-order valence-electron chi connectivity index (χ3n) is 3.79. The number of nitrogens with two attached hydrogens (primary N) is 1. The van der Waals surface area contributed by atoms with Gasteiger partial charge in [0.2, 0.25) is 15.9 Å². The van der Waals surface area contributed by atoms with Crippen molar-refractivity contribution in [3.05, 3.63) is 30.1 Å². The molecule has 0 saturated carbocycles.